The van der Waals surface area contributed by atoms with Crippen LogP contribution < -0.4 is 4.90 Å². The van der Waals surface area contributed by atoms with Gasteiger partial charge in [0, 0.05) is 25.9 Å². The molecule has 1 rings (SSSR count). The topological polar surface area (TPSA) is 62.0 Å². The molecule has 0 aliphatic heterocycles. The van der Waals surface area contributed by atoms with Gasteiger partial charge in [0.1, 0.15) is 11.8 Å². The fourth-order valence-corrected chi connectivity index (χ4v) is 1.48. The van der Waals surface area contributed by atoms with E-state index in [0.29, 0.717) is 24.3 Å². The summed E-state index contributed by atoms with van der Waals surface area (Å²) in [6, 6.07) is 3.95. The lowest BCUT2D eigenvalue weighted by Crippen LogP contribution is -2.36. The number of nitriles is 1. The second-order valence-corrected chi connectivity index (χ2v) is 3.80. The summed E-state index contributed by atoms with van der Waals surface area (Å²) in [6.45, 7) is 5.56. The van der Waals surface area contributed by atoms with Crippen LogP contribution in [0.1, 0.15) is 26.0 Å². The maximum atomic E-state index is 8.83. The molecule has 0 spiro atoms. The second-order valence-electron chi connectivity index (χ2n) is 3.80. The van der Waals surface area contributed by atoms with E-state index in [1.807, 2.05) is 6.07 Å². The van der Waals surface area contributed by atoms with Crippen LogP contribution in [0.2, 0.25) is 0 Å². The Kier molecular flexibility index (Phi) is 5.37. The first-order valence-electron chi connectivity index (χ1n) is 5.71. The molecule has 0 saturated heterocycles. The van der Waals surface area contributed by atoms with Crippen LogP contribution in [0.3, 0.4) is 0 Å². The fourth-order valence-electron chi connectivity index (χ4n) is 1.48. The van der Waals surface area contributed by atoms with Crippen LogP contribution in [0, 0.1) is 11.3 Å². The molecule has 1 heterocycles. The van der Waals surface area contributed by atoms with Gasteiger partial charge in [0.05, 0.1) is 6.61 Å². The minimum Gasteiger partial charge on any atom is -0.383 e. The van der Waals surface area contributed by atoms with E-state index in [1.54, 1.807) is 19.4 Å². The van der Waals surface area contributed by atoms with Gasteiger partial charge in [-0.3, -0.25) is 0 Å². The third kappa shape index (κ3) is 3.68. The van der Waals surface area contributed by atoms with Crippen molar-refractivity contribution in [2.24, 2.45) is 0 Å². The van der Waals surface area contributed by atoms with E-state index >= 15 is 0 Å². The number of rotatable bonds is 6. The lowest BCUT2D eigenvalue weighted by Gasteiger charge is -2.28. The highest BCUT2D eigenvalue weighted by Gasteiger charge is 2.15. The largest absolute Gasteiger partial charge is 0.383 e. The van der Waals surface area contributed by atoms with Crippen molar-refractivity contribution >= 4 is 5.95 Å². The molecular weight excluding hydrogens is 216 g/mol. The lowest BCUT2D eigenvalue weighted by molar-refractivity contribution is 0.203. The molecule has 0 amide bonds. The predicted octanol–water partition coefficient (Wildman–Crippen LogP) is 1.60. The van der Waals surface area contributed by atoms with Gasteiger partial charge in [-0.05, 0) is 19.4 Å². The summed E-state index contributed by atoms with van der Waals surface area (Å²) in [4.78, 5) is 10.5. The Bertz CT molecular complexity index is 388. The van der Waals surface area contributed by atoms with Crippen LogP contribution >= 0.6 is 0 Å². The normalized spacial score (nSPS) is 11.9. The van der Waals surface area contributed by atoms with Gasteiger partial charge in [-0.2, -0.15) is 5.26 Å². The van der Waals surface area contributed by atoms with E-state index in [1.165, 1.54) is 0 Å². The van der Waals surface area contributed by atoms with Gasteiger partial charge in [-0.25, -0.2) is 9.97 Å². The summed E-state index contributed by atoms with van der Waals surface area (Å²) in [5, 5.41) is 8.83. The SMILES string of the molecule is CCC(C)N(CCOC)c1nccc(C#N)n1. The molecule has 0 fully saturated rings. The minimum absolute atomic E-state index is 0.319. The molecule has 1 aromatic heterocycles. The van der Waals surface area contributed by atoms with Gasteiger partial charge >= 0.3 is 0 Å². The molecule has 0 radical (unpaired) electrons. The molecular formula is C12H18N4O. The summed E-state index contributed by atoms with van der Waals surface area (Å²) >= 11 is 0. The fraction of sp³-hybridized carbons (Fsp3) is 0.583. The van der Waals surface area contributed by atoms with Crippen LogP contribution in [-0.4, -0.2) is 36.3 Å². The van der Waals surface area contributed by atoms with Crippen LogP contribution in [0.25, 0.3) is 0 Å². The Balaban J connectivity index is 2.91. The summed E-state index contributed by atoms with van der Waals surface area (Å²) in [6.07, 6.45) is 2.60. The molecule has 1 unspecified atom stereocenters. The van der Waals surface area contributed by atoms with E-state index < -0.39 is 0 Å². The van der Waals surface area contributed by atoms with Gasteiger partial charge in [0.2, 0.25) is 5.95 Å². The summed E-state index contributed by atoms with van der Waals surface area (Å²) in [5.74, 6) is 0.593. The third-order valence-electron chi connectivity index (χ3n) is 2.67. The molecule has 17 heavy (non-hydrogen) atoms. The Morgan fingerprint density at radius 3 is 2.94 bits per heavy atom. The molecule has 0 aliphatic rings. The molecule has 0 aliphatic carbocycles. The Morgan fingerprint density at radius 2 is 2.35 bits per heavy atom. The molecule has 5 nitrogen and oxygen atoms in total. The van der Waals surface area contributed by atoms with E-state index in [-0.39, 0.29) is 0 Å². The molecule has 0 N–H and O–H groups in total. The molecule has 1 atom stereocenters. The van der Waals surface area contributed by atoms with Gasteiger partial charge in [-0.15, -0.1) is 0 Å². The van der Waals surface area contributed by atoms with Crippen molar-refractivity contribution in [3.63, 3.8) is 0 Å². The maximum absolute atomic E-state index is 8.83. The molecule has 1 aromatic rings. The van der Waals surface area contributed by atoms with Gasteiger partial charge < -0.3 is 9.64 Å². The van der Waals surface area contributed by atoms with E-state index in [9.17, 15) is 0 Å². The number of hydrogen-bond donors (Lipinski definition) is 0. The van der Waals surface area contributed by atoms with E-state index in [0.717, 1.165) is 13.0 Å². The van der Waals surface area contributed by atoms with E-state index in [4.69, 9.17) is 10.00 Å². The lowest BCUT2D eigenvalue weighted by atomic mass is 10.2. The van der Waals surface area contributed by atoms with Crippen molar-refractivity contribution in [2.45, 2.75) is 26.3 Å². The first kappa shape index (κ1) is 13.4. The smallest absolute Gasteiger partial charge is 0.226 e. The Hall–Kier alpha value is -1.67. The molecule has 0 bridgehead atoms. The highest BCUT2D eigenvalue weighted by atomic mass is 16.5. The number of methoxy groups -OCH3 is 1. The van der Waals surface area contributed by atoms with Crippen LogP contribution in [0.4, 0.5) is 5.95 Å². The van der Waals surface area contributed by atoms with Crippen molar-refractivity contribution in [3.05, 3.63) is 18.0 Å². The van der Waals surface area contributed by atoms with Crippen molar-refractivity contribution < 1.29 is 4.74 Å². The number of aromatic nitrogens is 2. The van der Waals surface area contributed by atoms with Crippen LogP contribution in [-0.2, 0) is 4.74 Å². The van der Waals surface area contributed by atoms with Crippen LogP contribution in [0.5, 0.6) is 0 Å². The van der Waals surface area contributed by atoms with Gasteiger partial charge in [0.15, 0.2) is 0 Å². The maximum Gasteiger partial charge on any atom is 0.226 e. The zero-order valence-electron chi connectivity index (χ0n) is 10.6. The second kappa shape index (κ2) is 6.81. The van der Waals surface area contributed by atoms with Crippen LogP contribution in [0.15, 0.2) is 12.3 Å². The number of ether oxygens (including phenoxy) is 1. The van der Waals surface area contributed by atoms with E-state index in [2.05, 4.69) is 28.7 Å². The van der Waals surface area contributed by atoms with Gasteiger partial charge in [0.25, 0.3) is 0 Å². The average molecular weight is 234 g/mol. The number of anilines is 1. The first-order valence-corrected chi connectivity index (χ1v) is 5.71. The highest BCUT2D eigenvalue weighted by Crippen LogP contribution is 2.13. The monoisotopic (exact) mass is 234 g/mol. The van der Waals surface area contributed by atoms with Crippen molar-refractivity contribution in [1.82, 2.24) is 9.97 Å². The summed E-state index contributed by atoms with van der Waals surface area (Å²) < 4.78 is 5.08. The van der Waals surface area contributed by atoms with Crippen molar-refractivity contribution in [2.75, 3.05) is 25.2 Å². The molecule has 92 valence electrons. The quantitative estimate of drug-likeness (QED) is 0.748. The summed E-state index contributed by atoms with van der Waals surface area (Å²) in [5.41, 5.74) is 0.390. The first-order chi connectivity index (χ1) is 8.22. The average Bonchev–Trinajstić information content (AvgIpc) is 2.39. The standard InChI is InChI=1S/C12H18N4O/c1-4-10(2)16(7-8-17-3)12-14-6-5-11(9-13)15-12/h5-6,10H,4,7-8H2,1-3H3. The molecule has 0 aromatic carbocycles. The summed E-state index contributed by atoms with van der Waals surface area (Å²) in [7, 11) is 1.67. The van der Waals surface area contributed by atoms with Gasteiger partial charge in [-0.1, -0.05) is 6.92 Å². The Labute approximate surface area is 102 Å². The highest BCUT2D eigenvalue weighted by molar-refractivity contribution is 5.34. The zero-order valence-corrected chi connectivity index (χ0v) is 10.6. The molecule has 0 saturated carbocycles. The zero-order chi connectivity index (χ0) is 12.7. The third-order valence-corrected chi connectivity index (χ3v) is 2.67. The minimum atomic E-state index is 0.319. The number of nitrogens with zero attached hydrogens (tertiary/aromatic N) is 4. The Morgan fingerprint density at radius 1 is 1.59 bits per heavy atom. The van der Waals surface area contributed by atoms with Crippen molar-refractivity contribution in [3.8, 4) is 6.07 Å². The van der Waals surface area contributed by atoms with Crippen molar-refractivity contribution in [1.29, 1.82) is 5.26 Å². The molecule has 5 heteroatoms. The predicted molar refractivity (Wildman–Crippen MR) is 65.7 cm³/mol. The number of hydrogen-bond acceptors (Lipinski definition) is 5.